The van der Waals surface area contributed by atoms with E-state index in [1.807, 2.05) is 30.4 Å². The Morgan fingerprint density at radius 2 is 1.65 bits per heavy atom. The van der Waals surface area contributed by atoms with E-state index in [0.29, 0.717) is 25.7 Å². The third kappa shape index (κ3) is 7.72. The van der Waals surface area contributed by atoms with Gasteiger partial charge in [-0.05, 0) is 11.5 Å². The van der Waals surface area contributed by atoms with Crippen LogP contribution in [0, 0.1) is 5.92 Å². The molecule has 0 aromatic heterocycles. The third-order valence-electron chi connectivity index (χ3n) is 2.16. The Bertz CT molecular complexity index is 304. The minimum absolute atomic E-state index is 0.595. The zero-order valence-electron chi connectivity index (χ0n) is 10.8. The summed E-state index contributed by atoms with van der Waals surface area (Å²) in [7, 11) is 0. The predicted molar refractivity (Wildman–Crippen MR) is 70.9 cm³/mol. The van der Waals surface area contributed by atoms with E-state index in [4.69, 9.17) is 9.47 Å². The molecule has 0 fully saturated rings. The van der Waals surface area contributed by atoms with Crippen LogP contribution in [0.4, 0.5) is 0 Å². The van der Waals surface area contributed by atoms with E-state index in [1.54, 1.807) is 0 Å². The first-order valence-corrected chi connectivity index (χ1v) is 6.13. The molecule has 17 heavy (non-hydrogen) atoms. The maximum atomic E-state index is 5.50. The fourth-order valence-electron chi connectivity index (χ4n) is 1.33. The molecule has 0 atom stereocenters. The monoisotopic (exact) mass is 234 g/mol. The van der Waals surface area contributed by atoms with Crippen molar-refractivity contribution in [2.24, 2.45) is 5.92 Å². The van der Waals surface area contributed by atoms with Crippen LogP contribution in [0.25, 0.3) is 0 Å². The summed E-state index contributed by atoms with van der Waals surface area (Å²) >= 11 is 0. The largest absolute Gasteiger partial charge is 0.377 e. The van der Waals surface area contributed by atoms with Crippen molar-refractivity contribution in [3.05, 3.63) is 48.0 Å². The summed E-state index contributed by atoms with van der Waals surface area (Å²) in [5, 5.41) is 0. The lowest BCUT2D eigenvalue weighted by Gasteiger charge is -2.03. The standard InChI is InChI=1S/C15H22O2/c1-14(2)12-16-10-6-7-11-17-13-15-8-4-3-5-9-15/h3-9,14H,10-13H2,1-2H3/b7-6-. The zero-order chi connectivity index (χ0) is 12.3. The maximum Gasteiger partial charge on any atom is 0.0721 e. The Balaban J connectivity index is 1.99. The minimum Gasteiger partial charge on any atom is -0.377 e. The fourth-order valence-corrected chi connectivity index (χ4v) is 1.33. The Morgan fingerprint density at radius 1 is 1.00 bits per heavy atom. The molecule has 0 N–H and O–H groups in total. The molecule has 1 aromatic rings. The fraction of sp³-hybridized carbons (Fsp3) is 0.467. The van der Waals surface area contributed by atoms with Crippen LogP contribution in [-0.4, -0.2) is 19.8 Å². The Labute approximate surface area is 104 Å². The average molecular weight is 234 g/mol. The molecule has 0 heterocycles. The Kier molecular flexibility index (Phi) is 7.35. The molecule has 0 bridgehead atoms. The van der Waals surface area contributed by atoms with Gasteiger partial charge in [-0.3, -0.25) is 0 Å². The van der Waals surface area contributed by atoms with Crippen molar-refractivity contribution in [3.63, 3.8) is 0 Å². The van der Waals surface area contributed by atoms with Crippen molar-refractivity contribution in [1.29, 1.82) is 0 Å². The molecule has 0 aliphatic rings. The molecule has 0 saturated heterocycles. The van der Waals surface area contributed by atoms with Crippen LogP contribution in [0.5, 0.6) is 0 Å². The highest BCUT2D eigenvalue weighted by atomic mass is 16.5. The molecule has 0 saturated carbocycles. The van der Waals surface area contributed by atoms with Gasteiger partial charge in [0.15, 0.2) is 0 Å². The molecule has 1 rings (SSSR count). The van der Waals surface area contributed by atoms with Gasteiger partial charge in [-0.2, -0.15) is 0 Å². The normalized spacial score (nSPS) is 11.5. The molecule has 2 heteroatoms. The van der Waals surface area contributed by atoms with Crippen molar-refractivity contribution in [1.82, 2.24) is 0 Å². The summed E-state index contributed by atoms with van der Waals surface area (Å²) < 4.78 is 10.9. The SMILES string of the molecule is CC(C)COC/C=C\COCc1ccccc1. The first-order valence-electron chi connectivity index (χ1n) is 6.13. The number of rotatable bonds is 8. The molecule has 0 aliphatic heterocycles. The minimum atomic E-state index is 0.595. The Hall–Kier alpha value is -1.12. The topological polar surface area (TPSA) is 18.5 Å². The first kappa shape index (κ1) is 13.9. The van der Waals surface area contributed by atoms with E-state index in [-0.39, 0.29) is 0 Å². The van der Waals surface area contributed by atoms with Crippen LogP contribution in [0.15, 0.2) is 42.5 Å². The summed E-state index contributed by atoms with van der Waals surface area (Å²) in [5.74, 6) is 0.595. The van der Waals surface area contributed by atoms with Crippen molar-refractivity contribution in [3.8, 4) is 0 Å². The number of ether oxygens (including phenoxy) is 2. The van der Waals surface area contributed by atoms with E-state index in [9.17, 15) is 0 Å². The number of benzene rings is 1. The molecule has 0 radical (unpaired) electrons. The summed E-state index contributed by atoms with van der Waals surface area (Å²) in [6.07, 6.45) is 4.01. The van der Waals surface area contributed by atoms with Crippen LogP contribution < -0.4 is 0 Å². The van der Waals surface area contributed by atoms with Crippen molar-refractivity contribution < 1.29 is 9.47 Å². The van der Waals surface area contributed by atoms with Gasteiger partial charge in [0.2, 0.25) is 0 Å². The van der Waals surface area contributed by atoms with Gasteiger partial charge in [0, 0.05) is 6.61 Å². The van der Waals surface area contributed by atoms with Crippen LogP contribution in [0.3, 0.4) is 0 Å². The number of hydrogen-bond donors (Lipinski definition) is 0. The van der Waals surface area contributed by atoms with Gasteiger partial charge < -0.3 is 9.47 Å². The molecule has 94 valence electrons. The highest BCUT2D eigenvalue weighted by Crippen LogP contribution is 2.00. The lowest BCUT2D eigenvalue weighted by Crippen LogP contribution is -2.01. The molecule has 1 aromatic carbocycles. The summed E-state index contributed by atoms with van der Waals surface area (Å²) in [4.78, 5) is 0. The Morgan fingerprint density at radius 3 is 2.29 bits per heavy atom. The maximum absolute atomic E-state index is 5.50. The van der Waals surface area contributed by atoms with E-state index in [1.165, 1.54) is 5.56 Å². The van der Waals surface area contributed by atoms with Crippen LogP contribution in [0.1, 0.15) is 19.4 Å². The van der Waals surface area contributed by atoms with Crippen molar-refractivity contribution in [2.75, 3.05) is 19.8 Å². The van der Waals surface area contributed by atoms with Gasteiger partial charge in [0.1, 0.15) is 0 Å². The zero-order valence-corrected chi connectivity index (χ0v) is 10.8. The second kappa shape index (κ2) is 8.97. The molecule has 0 amide bonds. The van der Waals surface area contributed by atoms with Crippen molar-refractivity contribution >= 4 is 0 Å². The van der Waals surface area contributed by atoms with Crippen LogP contribution in [0.2, 0.25) is 0 Å². The van der Waals surface area contributed by atoms with Gasteiger partial charge in [0.25, 0.3) is 0 Å². The van der Waals surface area contributed by atoms with E-state index < -0.39 is 0 Å². The van der Waals surface area contributed by atoms with Gasteiger partial charge in [0.05, 0.1) is 19.8 Å². The van der Waals surface area contributed by atoms with Crippen LogP contribution in [-0.2, 0) is 16.1 Å². The predicted octanol–water partition coefficient (Wildman–Crippen LogP) is 3.43. The van der Waals surface area contributed by atoms with Gasteiger partial charge in [-0.15, -0.1) is 0 Å². The highest BCUT2D eigenvalue weighted by Gasteiger charge is 1.91. The first-order chi connectivity index (χ1) is 8.29. The summed E-state index contributed by atoms with van der Waals surface area (Å²) in [6, 6.07) is 10.2. The van der Waals surface area contributed by atoms with Gasteiger partial charge >= 0.3 is 0 Å². The molecule has 0 unspecified atom stereocenters. The molecular weight excluding hydrogens is 212 g/mol. The second-order valence-corrected chi connectivity index (χ2v) is 4.40. The average Bonchev–Trinajstić information content (AvgIpc) is 2.33. The quantitative estimate of drug-likeness (QED) is 0.507. The smallest absolute Gasteiger partial charge is 0.0721 e. The molecular formula is C15H22O2. The van der Waals surface area contributed by atoms with Crippen LogP contribution >= 0.6 is 0 Å². The van der Waals surface area contributed by atoms with E-state index in [0.717, 1.165) is 6.61 Å². The lowest BCUT2D eigenvalue weighted by atomic mass is 10.2. The van der Waals surface area contributed by atoms with E-state index in [2.05, 4.69) is 26.0 Å². The molecule has 2 nitrogen and oxygen atoms in total. The summed E-state index contributed by atoms with van der Waals surface area (Å²) in [6.45, 7) is 7.08. The number of hydrogen-bond acceptors (Lipinski definition) is 2. The molecule has 0 aliphatic carbocycles. The lowest BCUT2D eigenvalue weighted by molar-refractivity contribution is 0.131. The summed E-state index contributed by atoms with van der Waals surface area (Å²) in [5.41, 5.74) is 1.21. The third-order valence-corrected chi connectivity index (χ3v) is 2.16. The highest BCUT2D eigenvalue weighted by molar-refractivity contribution is 5.13. The van der Waals surface area contributed by atoms with E-state index >= 15 is 0 Å². The van der Waals surface area contributed by atoms with Crippen molar-refractivity contribution in [2.45, 2.75) is 20.5 Å². The van der Waals surface area contributed by atoms with Gasteiger partial charge in [-0.1, -0.05) is 56.3 Å². The van der Waals surface area contributed by atoms with Gasteiger partial charge in [-0.25, -0.2) is 0 Å². The second-order valence-electron chi connectivity index (χ2n) is 4.40. The molecule has 0 spiro atoms.